The zero-order valence-corrected chi connectivity index (χ0v) is 9.01. The molecule has 0 saturated heterocycles. The van der Waals surface area contributed by atoms with Gasteiger partial charge in [-0.1, -0.05) is 17.7 Å². The fraction of sp³-hybridized carbons (Fsp3) is 0.538. The van der Waals surface area contributed by atoms with Crippen LogP contribution >= 0.6 is 0 Å². The molecule has 1 atom stereocenters. The van der Waals surface area contributed by atoms with Crippen LogP contribution in [0.2, 0.25) is 0 Å². The first-order chi connectivity index (χ1) is 6.72. The molecular formula is C13H18O. The SMILES string of the molecule is Cc1cc(C)c2c(c1)C(CO)CCC2. The van der Waals surface area contributed by atoms with Crippen LogP contribution in [0.4, 0.5) is 0 Å². The highest BCUT2D eigenvalue weighted by molar-refractivity contribution is 5.41. The third-order valence-corrected chi connectivity index (χ3v) is 3.29. The van der Waals surface area contributed by atoms with Crippen LogP contribution in [0, 0.1) is 13.8 Å². The first-order valence-electron chi connectivity index (χ1n) is 5.43. The van der Waals surface area contributed by atoms with E-state index in [-0.39, 0.29) is 0 Å². The van der Waals surface area contributed by atoms with E-state index in [1.165, 1.54) is 35.1 Å². The molecular weight excluding hydrogens is 172 g/mol. The Morgan fingerprint density at radius 3 is 2.86 bits per heavy atom. The van der Waals surface area contributed by atoms with Gasteiger partial charge in [-0.3, -0.25) is 0 Å². The van der Waals surface area contributed by atoms with Gasteiger partial charge in [0.25, 0.3) is 0 Å². The fourth-order valence-corrected chi connectivity index (χ4v) is 2.61. The number of benzene rings is 1. The van der Waals surface area contributed by atoms with Gasteiger partial charge in [-0.15, -0.1) is 0 Å². The van der Waals surface area contributed by atoms with Gasteiger partial charge in [-0.2, -0.15) is 0 Å². The molecule has 1 aliphatic rings. The first-order valence-corrected chi connectivity index (χ1v) is 5.43. The number of hydrogen-bond acceptors (Lipinski definition) is 1. The van der Waals surface area contributed by atoms with Crippen LogP contribution in [0.3, 0.4) is 0 Å². The summed E-state index contributed by atoms with van der Waals surface area (Å²) >= 11 is 0. The summed E-state index contributed by atoms with van der Waals surface area (Å²) in [6.07, 6.45) is 3.56. The van der Waals surface area contributed by atoms with Gasteiger partial charge in [0.1, 0.15) is 0 Å². The molecule has 0 fully saturated rings. The van der Waals surface area contributed by atoms with Crippen molar-refractivity contribution < 1.29 is 5.11 Å². The number of fused-ring (bicyclic) bond motifs is 1. The highest BCUT2D eigenvalue weighted by atomic mass is 16.3. The average Bonchev–Trinajstić information content (AvgIpc) is 2.17. The van der Waals surface area contributed by atoms with Crippen molar-refractivity contribution in [3.63, 3.8) is 0 Å². The molecule has 0 radical (unpaired) electrons. The second kappa shape index (κ2) is 3.74. The molecule has 0 bridgehead atoms. The molecule has 14 heavy (non-hydrogen) atoms. The molecule has 0 aromatic heterocycles. The van der Waals surface area contributed by atoms with Gasteiger partial charge in [0.2, 0.25) is 0 Å². The second-order valence-corrected chi connectivity index (χ2v) is 4.42. The summed E-state index contributed by atoms with van der Waals surface area (Å²) in [7, 11) is 0. The Kier molecular flexibility index (Phi) is 2.60. The molecule has 0 spiro atoms. The normalized spacial score (nSPS) is 20.6. The Morgan fingerprint density at radius 1 is 1.36 bits per heavy atom. The predicted molar refractivity (Wildman–Crippen MR) is 58.7 cm³/mol. The number of aliphatic hydroxyl groups excluding tert-OH is 1. The van der Waals surface area contributed by atoms with Crippen molar-refractivity contribution in [2.45, 2.75) is 39.0 Å². The van der Waals surface area contributed by atoms with Gasteiger partial charge in [-0.25, -0.2) is 0 Å². The summed E-state index contributed by atoms with van der Waals surface area (Å²) in [5.41, 5.74) is 5.61. The minimum Gasteiger partial charge on any atom is -0.396 e. The van der Waals surface area contributed by atoms with Gasteiger partial charge in [0.15, 0.2) is 0 Å². The quantitative estimate of drug-likeness (QED) is 0.722. The number of aliphatic hydroxyl groups is 1. The van der Waals surface area contributed by atoms with Crippen LogP contribution < -0.4 is 0 Å². The Balaban J connectivity index is 2.51. The maximum atomic E-state index is 9.32. The molecule has 1 aliphatic carbocycles. The van der Waals surface area contributed by atoms with Crippen molar-refractivity contribution in [3.05, 3.63) is 34.4 Å². The Hall–Kier alpha value is -0.820. The second-order valence-electron chi connectivity index (χ2n) is 4.42. The van der Waals surface area contributed by atoms with Gasteiger partial charge in [0, 0.05) is 12.5 Å². The maximum absolute atomic E-state index is 9.32. The van der Waals surface area contributed by atoms with Crippen molar-refractivity contribution in [1.82, 2.24) is 0 Å². The summed E-state index contributed by atoms with van der Waals surface area (Å²) in [5.74, 6) is 0.386. The van der Waals surface area contributed by atoms with E-state index < -0.39 is 0 Å². The Morgan fingerprint density at radius 2 is 2.14 bits per heavy atom. The molecule has 0 aliphatic heterocycles. The van der Waals surface area contributed by atoms with Gasteiger partial charge >= 0.3 is 0 Å². The lowest BCUT2D eigenvalue weighted by Crippen LogP contribution is -2.14. The van der Waals surface area contributed by atoms with Gasteiger partial charge in [0.05, 0.1) is 0 Å². The molecule has 1 aromatic rings. The van der Waals surface area contributed by atoms with Crippen LogP contribution in [0.25, 0.3) is 0 Å². The third kappa shape index (κ3) is 1.57. The molecule has 0 saturated carbocycles. The highest BCUT2D eigenvalue weighted by Crippen LogP contribution is 2.33. The Labute approximate surface area is 85.8 Å². The van der Waals surface area contributed by atoms with Crippen molar-refractivity contribution in [2.24, 2.45) is 0 Å². The highest BCUT2D eigenvalue weighted by Gasteiger charge is 2.20. The van der Waals surface area contributed by atoms with Gasteiger partial charge < -0.3 is 5.11 Å². The molecule has 1 aromatic carbocycles. The monoisotopic (exact) mass is 190 g/mol. The molecule has 76 valence electrons. The van der Waals surface area contributed by atoms with Crippen LogP contribution in [0.5, 0.6) is 0 Å². The third-order valence-electron chi connectivity index (χ3n) is 3.29. The fourth-order valence-electron chi connectivity index (χ4n) is 2.61. The van der Waals surface area contributed by atoms with E-state index in [2.05, 4.69) is 26.0 Å². The van der Waals surface area contributed by atoms with Crippen molar-refractivity contribution in [1.29, 1.82) is 0 Å². The average molecular weight is 190 g/mol. The van der Waals surface area contributed by atoms with Crippen LogP contribution in [-0.4, -0.2) is 11.7 Å². The zero-order chi connectivity index (χ0) is 10.1. The smallest absolute Gasteiger partial charge is 0.0499 e. The largest absolute Gasteiger partial charge is 0.396 e. The summed E-state index contributed by atoms with van der Waals surface area (Å²) in [5, 5.41) is 9.32. The summed E-state index contributed by atoms with van der Waals surface area (Å²) < 4.78 is 0. The van der Waals surface area contributed by atoms with E-state index in [0.717, 1.165) is 6.42 Å². The molecule has 2 rings (SSSR count). The predicted octanol–water partition coefficient (Wildman–Crippen LogP) is 2.72. The zero-order valence-electron chi connectivity index (χ0n) is 9.01. The number of hydrogen-bond donors (Lipinski definition) is 1. The number of aryl methyl sites for hydroxylation is 2. The summed E-state index contributed by atoms with van der Waals surface area (Å²) in [6.45, 7) is 4.62. The molecule has 1 N–H and O–H groups in total. The van der Waals surface area contributed by atoms with E-state index >= 15 is 0 Å². The number of rotatable bonds is 1. The van der Waals surface area contributed by atoms with Gasteiger partial charge in [-0.05, 0) is 49.8 Å². The van der Waals surface area contributed by atoms with E-state index in [0.29, 0.717) is 12.5 Å². The topological polar surface area (TPSA) is 20.2 Å². The summed E-state index contributed by atoms with van der Waals surface area (Å²) in [6, 6.07) is 4.50. The molecule has 1 unspecified atom stereocenters. The minimum atomic E-state index is 0.301. The summed E-state index contributed by atoms with van der Waals surface area (Å²) in [4.78, 5) is 0. The van der Waals surface area contributed by atoms with Crippen LogP contribution in [0.15, 0.2) is 12.1 Å². The van der Waals surface area contributed by atoms with E-state index in [4.69, 9.17) is 0 Å². The molecule has 0 amide bonds. The minimum absolute atomic E-state index is 0.301. The van der Waals surface area contributed by atoms with Crippen LogP contribution in [0.1, 0.15) is 41.0 Å². The van der Waals surface area contributed by atoms with Crippen molar-refractivity contribution >= 4 is 0 Å². The maximum Gasteiger partial charge on any atom is 0.0499 e. The van der Waals surface area contributed by atoms with Crippen molar-refractivity contribution in [3.8, 4) is 0 Å². The van der Waals surface area contributed by atoms with Crippen molar-refractivity contribution in [2.75, 3.05) is 6.61 Å². The Bertz CT molecular complexity index is 341. The lowest BCUT2D eigenvalue weighted by atomic mass is 9.80. The van der Waals surface area contributed by atoms with E-state index in [1.54, 1.807) is 0 Å². The molecule has 1 nitrogen and oxygen atoms in total. The van der Waals surface area contributed by atoms with E-state index in [9.17, 15) is 5.11 Å². The molecule has 1 heteroatoms. The van der Waals surface area contributed by atoms with E-state index in [1.807, 2.05) is 0 Å². The standard InChI is InChI=1S/C13H18O/c1-9-6-10(2)12-5-3-4-11(8-14)13(12)7-9/h6-7,11,14H,3-5,8H2,1-2H3. The lowest BCUT2D eigenvalue weighted by molar-refractivity contribution is 0.253. The van der Waals surface area contributed by atoms with Crippen LogP contribution in [-0.2, 0) is 6.42 Å². The first kappa shape index (κ1) is 9.72. The lowest BCUT2D eigenvalue weighted by Gasteiger charge is -2.26. The molecule has 0 heterocycles.